The van der Waals surface area contributed by atoms with E-state index in [0.717, 1.165) is 24.1 Å². The van der Waals surface area contributed by atoms with Crippen LogP contribution in [0.15, 0.2) is 24.3 Å². The van der Waals surface area contributed by atoms with Crippen molar-refractivity contribution >= 4 is 11.8 Å². The van der Waals surface area contributed by atoms with Crippen LogP contribution in [0.3, 0.4) is 0 Å². The Morgan fingerprint density at radius 1 is 1.43 bits per heavy atom. The molecule has 3 N–H and O–H groups in total. The molecular weight excluding hydrogens is 266 g/mol. The summed E-state index contributed by atoms with van der Waals surface area (Å²) in [4.78, 5) is 25.2. The number of carbonyl (C=O) groups excluding carboxylic acids is 2. The number of hydrogen-bond donors (Lipinski definition) is 2. The van der Waals surface area contributed by atoms with Gasteiger partial charge in [0.1, 0.15) is 0 Å². The Bertz CT molecular complexity index is 516. The normalized spacial score (nSPS) is 16.1. The lowest BCUT2D eigenvalue weighted by atomic mass is 10.1. The maximum Gasteiger partial charge on any atom is 0.224 e. The van der Waals surface area contributed by atoms with Crippen molar-refractivity contribution in [1.29, 1.82) is 0 Å². The molecule has 1 aliphatic rings. The summed E-state index contributed by atoms with van der Waals surface area (Å²) in [6, 6.07) is 7.99. The summed E-state index contributed by atoms with van der Waals surface area (Å²) in [5.41, 5.74) is 7.61. The molecule has 1 aliphatic heterocycles. The summed E-state index contributed by atoms with van der Waals surface area (Å²) in [6.07, 6.45) is 1.61. The molecule has 5 heteroatoms. The lowest BCUT2D eigenvalue weighted by Gasteiger charge is -2.16. The van der Waals surface area contributed by atoms with Gasteiger partial charge in [-0.1, -0.05) is 31.2 Å². The Kier molecular flexibility index (Phi) is 5.33. The minimum Gasteiger partial charge on any atom is -0.352 e. The molecular formula is C16H23N3O2. The molecule has 21 heavy (non-hydrogen) atoms. The SMILES string of the molecule is CC(CN)C(=O)NCc1cccc(CN2CCCC2=O)c1. The van der Waals surface area contributed by atoms with Crippen LogP contribution in [0.4, 0.5) is 0 Å². The summed E-state index contributed by atoms with van der Waals surface area (Å²) in [7, 11) is 0. The van der Waals surface area contributed by atoms with Crippen LogP contribution in [0.25, 0.3) is 0 Å². The Hall–Kier alpha value is -1.88. The van der Waals surface area contributed by atoms with Gasteiger partial charge in [0.05, 0.1) is 0 Å². The molecule has 0 spiro atoms. The number of likely N-dealkylation sites (tertiary alicyclic amines) is 1. The van der Waals surface area contributed by atoms with Crippen LogP contribution in [-0.4, -0.2) is 29.8 Å². The molecule has 1 unspecified atom stereocenters. The van der Waals surface area contributed by atoms with Gasteiger partial charge in [-0.2, -0.15) is 0 Å². The van der Waals surface area contributed by atoms with E-state index in [9.17, 15) is 9.59 Å². The van der Waals surface area contributed by atoms with Crippen molar-refractivity contribution in [3.05, 3.63) is 35.4 Å². The standard InChI is InChI=1S/C16H23N3O2/c1-12(9-17)16(21)18-10-13-4-2-5-14(8-13)11-19-7-3-6-15(19)20/h2,4-5,8,12H,3,6-7,9-11,17H2,1H3,(H,18,21). The zero-order valence-corrected chi connectivity index (χ0v) is 12.5. The average molecular weight is 289 g/mol. The third-order valence-corrected chi connectivity index (χ3v) is 3.80. The van der Waals surface area contributed by atoms with E-state index in [0.29, 0.717) is 26.1 Å². The zero-order valence-electron chi connectivity index (χ0n) is 12.5. The topological polar surface area (TPSA) is 75.4 Å². The number of nitrogens with zero attached hydrogens (tertiary/aromatic N) is 1. The highest BCUT2D eigenvalue weighted by atomic mass is 16.2. The summed E-state index contributed by atoms with van der Waals surface area (Å²) in [5, 5.41) is 2.88. The van der Waals surface area contributed by atoms with Gasteiger partial charge in [-0.05, 0) is 17.5 Å². The van der Waals surface area contributed by atoms with Crippen LogP contribution >= 0.6 is 0 Å². The van der Waals surface area contributed by atoms with E-state index in [1.165, 1.54) is 0 Å². The summed E-state index contributed by atoms with van der Waals surface area (Å²) in [6.45, 7) is 4.15. The molecule has 5 nitrogen and oxygen atoms in total. The smallest absolute Gasteiger partial charge is 0.224 e. The number of nitrogens with two attached hydrogens (primary N) is 1. The third kappa shape index (κ3) is 4.29. The first-order chi connectivity index (χ1) is 10.1. The first-order valence-electron chi connectivity index (χ1n) is 7.43. The van der Waals surface area contributed by atoms with Gasteiger partial charge in [0, 0.05) is 38.5 Å². The molecule has 0 aromatic heterocycles. The maximum atomic E-state index is 11.7. The van der Waals surface area contributed by atoms with Crippen LogP contribution in [0.2, 0.25) is 0 Å². The highest BCUT2D eigenvalue weighted by Gasteiger charge is 2.19. The second-order valence-corrected chi connectivity index (χ2v) is 5.59. The van der Waals surface area contributed by atoms with E-state index in [1.54, 1.807) is 0 Å². The van der Waals surface area contributed by atoms with E-state index in [2.05, 4.69) is 5.32 Å². The summed E-state index contributed by atoms with van der Waals surface area (Å²) < 4.78 is 0. The number of hydrogen-bond acceptors (Lipinski definition) is 3. The van der Waals surface area contributed by atoms with Gasteiger partial charge in [-0.3, -0.25) is 9.59 Å². The van der Waals surface area contributed by atoms with Crippen molar-refractivity contribution in [1.82, 2.24) is 10.2 Å². The van der Waals surface area contributed by atoms with Crippen LogP contribution < -0.4 is 11.1 Å². The van der Waals surface area contributed by atoms with Gasteiger partial charge in [0.15, 0.2) is 0 Å². The summed E-state index contributed by atoms with van der Waals surface area (Å²) >= 11 is 0. The largest absolute Gasteiger partial charge is 0.352 e. The highest BCUT2D eigenvalue weighted by Crippen LogP contribution is 2.15. The summed E-state index contributed by atoms with van der Waals surface area (Å²) in [5.74, 6) is 0.0264. The van der Waals surface area contributed by atoms with Crippen molar-refractivity contribution in [2.24, 2.45) is 11.7 Å². The fraction of sp³-hybridized carbons (Fsp3) is 0.500. The minimum absolute atomic E-state index is 0.0300. The molecule has 2 amide bonds. The van der Waals surface area contributed by atoms with Crippen LogP contribution in [0.5, 0.6) is 0 Å². The van der Waals surface area contributed by atoms with Crippen molar-refractivity contribution in [2.45, 2.75) is 32.9 Å². The van der Waals surface area contributed by atoms with E-state index in [4.69, 9.17) is 5.73 Å². The first kappa shape index (κ1) is 15.5. The number of nitrogens with one attached hydrogen (secondary N) is 1. The van der Waals surface area contributed by atoms with Crippen molar-refractivity contribution in [3.63, 3.8) is 0 Å². The van der Waals surface area contributed by atoms with Crippen LogP contribution in [0.1, 0.15) is 30.9 Å². The van der Waals surface area contributed by atoms with Crippen molar-refractivity contribution in [3.8, 4) is 0 Å². The van der Waals surface area contributed by atoms with Gasteiger partial charge < -0.3 is 16.0 Å². The van der Waals surface area contributed by atoms with Gasteiger partial charge in [0.25, 0.3) is 0 Å². The van der Waals surface area contributed by atoms with Crippen molar-refractivity contribution < 1.29 is 9.59 Å². The third-order valence-electron chi connectivity index (χ3n) is 3.80. The second-order valence-electron chi connectivity index (χ2n) is 5.59. The average Bonchev–Trinajstić information content (AvgIpc) is 2.89. The minimum atomic E-state index is -0.171. The second kappa shape index (κ2) is 7.22. The predicted molar refractivity (Wildman–Crippen MR) is 81.2 cm³/mol. The Labute approximate surface area is 125 Å². The molecule has 1 atom stereocenters. The molecule has 0 radical (unpaired) electrons. The Morgan fingerprint density at radius 3 is 2.86 bits per heavy atom. The fourth-order valence-electron chi connectivity index (χ4n) is 2.40. The first-order valence-corrected chi connectivity index (χ1v) is 7.43. The number of carbonyl (C=O) groups is 2. The quantitative estimate of drug-likeness (QED) is 0.821. The molecule has 1 saturated heterocycles. The van der Waals surface area contributed by atoms with Gasteiger partial charge >= 0.3 is 0 Å². The van der Waals surface area contributed by atoms with E-state index in [1.807, 2.05) is 36.1 Å². The van der Waals surface area contributed by atoms with E-state index >= 15 is 0 Å². The number of rotatable bonds is 6. The number of amides is 2. The number of benzene rings is 1. The maximum absolute atomic E-state index is 11.7. The lowest BCUT2D eigenvalue weighted by Crippen LogP contribution is -2.32. The zero-order chi connectivity index (χ0) is 15.2. The predicted octanol–water partition coefficient (Wildman–Crippen LogP) is 1.02. The van der Waals surface area contributed by atoms with Crippen molar-refractivity contribution in [2.75, 3.05) is 13.1 Å². The van der Waals surface area contributed by atoms with Gasteiger partial charge in [0.2, 0.25) is 11.8 Å². The van der Waals surface area contributed by atoms with Gasteiger partial charge in [-0.15, -0.1) is 0 Å². The Balaban J connectivity index is 1.91. The lowest BCUT2D eigenvalue weighted by molar-refractivity contribution is -0.128. The molecule has 1 aromatic rings. The molecule has 0 aliphatic carbocycles. The molecule has 1 fully saturated rings. The Morgan fingerprint density at radius 2 is 2.19 bits per heavy atom. The molecule has 0 saturated carbocycles. The molecule has 1 heterocycles. The molecule has 2 rings (SSSR count). The van der Waals surface area contributed by atoms with E-state index < -0.39 is 0 Å². The fourth-order valence-corrected chi connectivity index (χ4v) is 2.40. The van der Waals surface area contributed by atoms with Gasteiger partial charge in [-0.25, -0.2) is 0 Å². The van der Waals surface area contributed by atoms with Crippen LogP contribution in [0, 0.1) is 5.92 Å². The molecule has 1 aromatic carbocycles. The van der Waals surface area contributed by atoms with Crippen LogP contribution in [-0.2, 0) is 22.7 Å². The van der Waals surface area contributed by atoms with E-state index in [-0.39, 0.29) is 17.7 Å². The molecule has 0 bridgehead atoms. The highest BCUT2D eigenvalue weighted by molar-refractivity contribution is 5.78. The monoisotopic (exact) mass is 289 g/mol. The molecule has 114 valence electrons.